The van der Waals surface area contributed by atoms with Crippen LogP contribution in [0.5, 0.6) is 23.0 Å². The molecular formula is C24H20Br2N4O6S. The molecule has 192 valence electrons. The summed E-state index contributed by atoms with van der Waals surface area (Å²) in [5.41, 5.74) is 1.02. The maximum absolute atomic E-state index is 13.6. The fourth-order valence-corrected chi connectivity index (χ4v) is 5.42. The average molecular weight is 652 g/mol. The van der Waals surface area contributed by atoms with Crippen molar-refractivity contribution >= 4 is 67.9 Å². The zero-order valence-corrected chi connectivity index (χ0v) is 24.3. The topological polar surface area (TPSA) is 106 Å². The van der Waals surface area contributed by atoms with Crippen LogP contribution in [-0.4, -0.2) is 53.4 Å². The molecule has 0 N–H and O–H groups in total. The van der Waals surface area contributed by atoms with Gasteiger partial charge in [0.1, 0.15) is 11.5 Å². The quantitative estimate of drug-likeness (QED) is 0.155. The number of halogens is 2. The van der Waals surface area contributed by atoms with Crippen LogP contribution in [-0.2, 0) is 4.79 Å². The van der Waals surface area contributed by atoms with Gasteiger partial charge in [0.15, 0.2) is 23.1 Å². The first-order valence-corrected chi connectivity index (χ1v) is 12.6. The SMILES string of the molecule is COc1cc(C2=N/C(=C\c3cc(Br)cc(Br)c3OC(C)=O)C(=O)n3c(C)nc(=S)n32)cc(OC)c1OC. The summed E-state index contributed by atoms with van der Waals surface area (Å²) in [6.07, 6.45) is 1.53. The number of nitrogens with zero attached hydrogens (tertiary/aromatic N) is 4. The van der Waals surface area contributed by atoms with E-state index in [1.165, 1.54) is 43.7 Å². The molecule has 0 saturated carbocycles. The number of hydrogen-bond donors (Lipinski definition) is 0. The van der Waals surface area contributed by atoms with Gasteiger partial charge in [0.2, 0.25) is 10.5 Å². The van der Waals surface area contributed by atoms with E-state index in [-0.39, 0.29) is 16.2 Å². The zero-order valence-electron chi connectivity index (χ0n) is 20.3. The molecule has 4 rings (SSSR count). The van der Waals surface area contributed by atoms with E-state index >= 15 is 0 Å². The number of aryl methyl sites for hydroxylation is 1. The molecule has 37 heavy (non-hydrogen) atoms. The second kappa shape index (κ2) is 10.6. The number of aliphatic imine (C=N–C) groups is 1. The van der Waals surface area contributed by atoms with Crippen molar-refractivity contribution in [1.82, 2.24) is 14.3 Å². The second-order valence-electron chi connectivity index (χ2n) is 7.65. The summed E-state index contributed by atoms with van der Waals surface area (Å²) in [6.45, 7) is 2.96. The Bertz CT molecular complexity index is 1550. The summed E-state index contributed by atoms with van der Waals surface area (Å²) in [6, 6.07) is 6.83. The Kier molecular flexibility index (Phi) is 7.67. The highest BCUT2D eigenvalue weighted by Gasteiger charge is 2.30. The Labute approximate surface area is 233 Å². The molecule has 1 aliphatic rings. The average Bonchev–Trinajstić information content (AvgIpc) is 3.15. The fourth-order valence-electron chi connectivity index (χ4n) is 3.78. The number of allylic oxidation sites excluding steroid dienone is 1. The molecule has 3 aromatic rings. The summed E-state index contributed by atoms with van der Waals surface area (Å²) < 4.78 is 26.0. The third-order valence-electron chi connectivity index (χ3n) is 5.28. The zero-order chi connectivity index (χ0) is 27.0. The maximum atomic E-state index is 13.6. The summed E-state index contributed by atoms with van der Waals surface area (Å²) in [5.74, 6) is 1.12. The third kappa shape index (κ3) is 4.98. The van der Waals surface area contributed by atoms with Gasteiger partial charge in [0.05, 0.1) is 25.8 Å². The Morgan fingerprint density at radius 2 is 1.65 bits per heavy atom. The molecule has 13 heteroatoms. The molecule has 0 radical (unpaired) electrons. The number of benzene rings is 2. The minimum absolute atomic E-state index is 0.0534. The van der Waals surface area contributed by atoms with E-state index in [9.17, 15) is 9.59 Å². The van der Waals surface area contributed by atoms with Crippen LogP contribution in [0.3, 0.4) is 0 Å². The number of ether oxygens (including phenoxy) is 4. The molecule has 0 aliphatic carbocycles. The van der Waals surface area contributed by atoms with Crippen molar-refractivity contribution in [1.29, 1.82) is 0 Å². The minimum Gasteiger partial charge on any atom is -0.493 e. The first kappa shape index (κ1) is 26.8. The molecule has 2 aromatic carbocycles. The van der Waals surface area contributed by atoms with Gasteiger partial charge in [-0.05, 0) is 65.4 Å². The Morgan fingerprint density at radius 3 is 2.22 bits per heavy atom. The van der Waals surface area contributed by atoms with Crippen molar-refractivity contribution in [3.8, 4) is 23.0 Å². The van der Waals surface area contributed by atoms with Crippen molar-refractivity contribution in [2.75, 3.05) is 21.3 Å². The minimum atomic E-state index is -0.515. The highest BCUT2D eigenvalue weighted by atomic mass is 79.9. The largest absolute Gasteiger partial charge is 0.493 e. The lowest BCUT2D eigenvalue weighted by atomic mass is 10.1. The third-order valence-corrected chi connectivity index (χ3v) is 6.59. The van der Waals surface area contributed by atoms with Crippen molar-refractivity contribution in [2.24, 2.45) is 4.99 Å². The second-order valence-corrected chi connectivity index (χ2v) is 9.78. The molecule has 2 heterocycles. The standard InChI is InChI=1S/C24H20Br2N4O6S/c1-11-27-24(37)30-22(14-8-18(33-3)21(35-5)19(9-14)34-4)28-17(23(32)29(11)30)7-13-6-15(25)10-16(26)20(13)36-12(2)31/h6-10H,1-5H3/b17-7-. The van der Waals surface area contributed by atoms with Crippen molar-refractivity contribution in [2.45, 2.75) is 13.8 Å². The molecule has 1 aliphatic heterocycles. The van der Waals surface area contributed by atoms with E-state index in [2.05, 4.69) is 41.8 Å². The van der Waals surface area contributed by atoms with Crippen LogP contribution >= 0.6 is 44.1 Å². The highest BCUT2D eigenvalue weighted by molar-refractivity contribution is 9.11. The number of esters is 1. The lowest BCUT2D eigenvalue weighted by Gasteiger charge is -2.21. The molecule has 0 bridgehead atoms. The van der Waals surface area contributed by atoms with Gasteiger partial charge in [-0.2, -0.15) is 9.36 Å². The van der Waals surface area contributed by atoms with E-state index in [0.717, 1.165) is 0 Å². The monoisotopic (exact) mass is 650 g/mol. The van der Waals surface area contributed by atoms with E-state index in [0.29, 0.717) is 49.0 Å². The number of methoxy groups -OCH3 is 3. The highest BCUT2D eigenvalue weighted by Crippen LogP contribution is 2.39. The van der Waals surface area contributed by atoms with E-state index in [4.69, 9.17) is 31.2 Å². The summed E-state index contributed by atoms with van der Waals surface area (Å²) in [5, 5.41) is 0. The molecule has 1 aromatic heterocycles. The first-order chi connectivity index (χ1) is 17.6. The molecule has 0 saturated heterocycles. The number of hydrogen-bond acceptors (Lipinski definition) is 9. The van der Waals surface area contributed by atoms with Crippen LogP contribution in [0.2, 0.25) is 0 Å². The van der Waals surface area contributed by atoms with Crippen LogP contribution in [0.15, 0.2) is 43.9 Å². The first-order valence-electron chi connectivity index (χ1n) is 10.6. The molecule has 0 fully saturated rings. The Balaban J connectivity index is 2.02. The number of carbonyl (C=O) groups excluding carboxylic acids is 2. The molecule has 0 unspecified atom stereocenters. The lowest BCUT2D eigenvalue weighted by molar-refractivity contribution is -0.131. The van der Waals surface area contributed by atoms with E-state index < -0.39 is 11.9 Å². The van der Waals surface area contributed by atoms with Crippen LogP contribution in [0.1, 0.15) is 28.7 Å². The Morgan fingerprint density at radius 1 is 1.00 bits per heavy atom. The summed E-state index contributed by atoms with van der Waals surface area (Å²) in [4.78, 5) is 34.3. The molecule has 0 spiro atoms. The predicted octanol–water partition coefficient (Wildman–Crippen LogP) is 5.19. The van der Waals surface area contributed by atoms with Gasteiger partial charge in [-0.15, -0.1) is 0 Å². The molecule has 0 atom stereocenters. The van der Waals surface area contributed by atoms with E-state index in [1.54, 1.807) is 31.2 Å². The fraction of sp³-hybridized carbons (Fsp3) is 0.208. The Hall–Kier alpha value is -3.29. The van der Waals surface area contributed by atoms with Gasteiger partial charge < -0.3 is 18.9 Å². The van der Waals surface area contributed by atoms with Gasteiger partial charge in [-0.3, -0.25) is 9.59 Å². The predicted molar refractivity (Wildman–Crippen MR) is 146 cm³/mol. The van der Waals surface area contributed by atoms with Crippen LogP contribution in [0.25, 0.3) is 6.08 Å². The normalized spacial score (nSPS) is 13.8. The number of fused-ring (bicyclic) bond motifs is 1. The van der Waals surface area contributed by atoms with Crippen LogP contribution in [0.4, 0.5) is 0 Å². The lowest BCUT2D eigenvalue weighted by Crippen LogP contribution is -2.33. The maximum Gasteiger partial charge on any atom is 0.308 e. The van der Waals surface area contributed by atoms with Gasteiger partial charge in [-0.1, -0.05) is 15.9 Å². The van der Waals surface area contributed by atoms with Crippen molar-refractivity contribution < 1.29 is 28.5 Å². The van der Waals surface area contributed by atoms with Gasteiger partial charge in [-0.25, -0.2) is 9.98 Å². The van der Waals surface area contributed by atoms with Gasteiger partial charge >= 0.3 is 5.97 Å². The number of aromatic nitrogens is 3. The smallest absolute Gasteiger partial charge is 0.308 e. The number of carbonyl (C=O) groups is 2. The summed E-state index contributed by atoms with van der Waals surface area (Å²) >= 11 is 12.3. The molecule has 10 nitrogen and oxygen atoms in total. The van der Waals surface area contributed by atoms with Crippen LogP contribution in [0, 0.1) is 11.7 Å². The van der Waals surface area contributed by atoms with E-state index in [1.807, 2.05) is 0 Å². The molecular weight excluding hydrogens is 632 g/mol. The van der Waals surface area contributed by atoms with Gasteiger partial charge in [0.25, 0.3) is 5.91 Å². The number of rotatable bonds is 6. The van der Waals surface area contributed by atoms with Gasteiger partial charge in [0, 0.05) is 22.5 Å². The molecule has 0 amide bonds. The van der Waals surface area contributed by atoms with Crippen LogP contribution < -0.4 is 18.9 Å². The van der Waals surface area contributed by atoms with Crippen molar-refractivity contribution in [3.05, 3.63) is 60.6 Å². The summed E-state index contributed by atoms with van der Waals surface area (Å²) in [7, 11) is 4.50. The van der Waals surface area contributed by atoms with Crippen molar-refractivity contribution in [3.63, 3.8) is 0 Å².